The summed E-state index contributed by atoms with van der Waals surface area (Å²) in [5.41, 5.74) is 0. The van der Waals surface area contributed by atoms with Gasteiger partial charge in [-0.05, 0) is 24.2 Å². The molecule has 0 saturated carbocycles. The van der Waals surface area contributed by atoms with Crippen LogP contribution >= 0.6 is 0 Å². The standard InChI is InChI=1S/C15H28N2O2/c1-9(2)7-12-15(19)17(8-10(3)4)13(11(5)6)14(18)16-12/h9-13H,7-8H2,1-6H3,(H,16,18). The van der Waals surface area contributed by atoms with Crippen LogP contribution in [0.2, 0.25) is 0 Å². The van der Waals surface area contributed by atoms with Gasteiger partial charge in [0, 0.05) is 6.54 Å². The molecule has 0 bridgehead atoms. The summed E-state index contributed by atoms with van der Waals surface area (Å²) >= 11 is 0. The van der Waals surface area contributed by atoms with Crippen molar-refractivity contribution in [3.8, 4) is 0 Å². The number of hydrogen-bond donors (Lipinski definition) is 1. The first-order valence-corrected chi connectivity index (χ1v) is 7.34. The second-order valence-electron chi connectivity index (χ2n) is 6.76. The molecule has 19 heavy (non-hydrogen) atoms. The molecule has 0 radical (unpaired) electrons. The molecule has 1 heterocycles. The molecule has 0 aromatic heterocycles. The Morgan fingerprint density at radius 1 is 1.05 bits per heavy atom. The van der Waals surface area contributed by atoms with Crippen LogP contribution in [0.1, 0.15) is 48.0 Å². The van der Waals surface area contributed by atoms with Gasteiger partial charge in [-0.3, -0.25) is 9.59 Å². The first kappa shape index (κ1) is 16.0. The van der Waals surface area contributed by atoms with Crippen molar-refractivity contribution in [1.29, 1.82) is 0 Å². The van der Waals surface area contributed by atoms with E-state index in [1.807, 2.05) is 13.8 Å². The molecule has 1 saturated heterocycles. The molecule has 0 aromatic rings. The van der Waals surface area contributed by atoms with Gasteiger partial charge in [-0.2, -0.15) is 0 Å². The molecule has 1 N–H and O–H groups in total. The third-order valence-corrected chi connectivity index (χ3v) is 3.40. The summed E-state index contributed by atoms with van der Waals surface area (Å²) in [5, 5.41) is 2.90. The fourth-order valence-corrected chi connectivity index (χ4v) is 2.69. The Kier molecular flexibility index (Phi) is 5.39. The van der Waals surface area contributed by atoms with Gasteiger partial charge >= 0.3 is 0 Å². The van der Waals surface area contributed by atoms with Gasteiger partial charge in [0.1, 0.15) is 12.1 Å². The van der Waals surface area contributed by atoms with Crippen LogP contribution in [0, 0.1) is 17.8 Å². The normalized spacial score (nSPS) is 24.6. The molecular weight excluding hydrogens is 240 g/mol. The molecule has 1 aliphatic heterocycles. The SMILES string of the molecule is CC(C)CC1NC(=O)C(C(C)C)N(CC(C)C)C1=O. The third kappa shape index (κ3) is 3.95. The van der Waals surface area contributed by atoms with Crippen molar-refractivity contribution in [2.45, 2.75) is 60.0 Å². The zero-order valence-corrected chi connectivity index (χ0v) is 13.1. The fraction of sp³-hybridized carbons (Fsp3) is 0.867. The molecule has 0 spiro atoms. The van der Waals surface area contributed by atoms with E-state index >= 15 is 0 Å². The highest BCUT2D eigenvalue weighted by molar-refractivity contribution is 5.97. The lowest BCUT2D eigenvalue weighted by Crippen LogP contribution is -2.65. The molecule has 1 fully saturated rings. The highest BCUT2D eigenvalue weighted by atomic mass is 16.2. The van der Waals surface area contributed by atoms with Gasteiger partial charge in [-0.15, -0.1) is 0 Å². The van der Waals surface area contributed by atoms with Gasteiger partial charge in [0.05, 0.1) is 0 Å². The Balaban J connectivity index is 2.94. The molecule has 4 nitrogen and oxygen atoms in total. The molecule has 0 aliphatic carbocycles. The largest absolute Gasteiger partial charge is 0.342 e. The van der Waals surface area contributed by atoms with Gasteiger partial charge in [0.2, 0.25) is 11.8 Å². The lowest BCUT2D eigenvalue weighted by atomic mass is 9.93. The Bertz CT molecular complexity index is 337. The number of rotatable bonds is 5. The zero-order valence-electron chi connectivity index (χ0n) is 13.1. The van der Waals surface area contributed by atoms with E-state index in [2.05, 4.69) is 33.0 Å². The molecule has 2 amide bonds. The number of carbonyl (C=O) groups is 2. The van der Waals surface area contributed by atoms with Gasteiger partial charge < -0.3 is 10.2 Å². The van der Waals surface area contributed by atoms with E-state index in [-0.39, 0.29) is 29.8 Å². The highest BCUT2D eigenvalue weighted by Crippen LogP contribution is 2.21. The average Bonchev–Trinajstić information content (AvgIpc) is 2.22. The minimum Gasteiger partial charge on any atom is -0.342 e. The minimum absolute atomic E-state index is 0.000833. The van der Waals surface area contributed by atoms with E-state index < -0.39 is 0 Å². The quantitative estimate of drug-likeness (QED) is 0.829. The van der Waals surface area contributed by atoms with Crippen LogP contribution in [0.25, 0.3) is 0 Å². The molecule has 2 atom stereocenters. The van der Waals surface area contributed by atoms with Gasteiger partial charge in [-0.1, -0.05) is 41.5 Å². The minimum atomic E-state index is -0.346. The van der Waals surface area contributed by atoms with E-state index in [0.29, 0.717) is 24.8 Å². The van der Waals surface area contributed by atoms with E-state index in [1.54, 1.807) is 4.90 Å². The number of nitrogens with zero attached hydrogens (tertiary/aromatic N) is 1. The Labute approximate surface area is 116 Å². The maximum Gasteiger partial charge on any atom is 0.245 e. The van der Waals surface area contributed by atoms with Crippen LogP contribution in [0.3, 0.4) is 0 Å². The Morgan fingerprint density at radius 3 is 2.05 bits per heavy atom. The van der Waals surface area contributed by atoms with Crippen molar-refractivity contribution in [3.05, 3.63) is 0 Å². The second-order valence-corrected chi connectivity index (χ2v) is 6.76. The number of nitrogens with one attached hydrogen (secondary N) is 1. The first-order chi connectivity index (χ1) is 8.73. The first-order valence-electron chi connectivity index (χ1n) is 7.34. The summed E-state index contributed by atoms with van der Waals surface area (Å²) < 4.78 is 0. The third-order valence-electron chi connectivity index (χ3n) is 3.40. The predicted molar refractivity (Wildman–Crippen MR) is 76.6 cm³/mol. The summed E-state index contributed by atoms with van der Waals surface area (Å²) in [6.45, 7) is 12.9. The lowest BCUT2D eigenvalue weighted by Gasteiger charge is -2.42. The van der Waals surface area contributed by atoms with Crippen LogP contribution in [-0.4, -0.2) is 35.3 Å². The van der Waals surface area contributed by atoms with Crippen molar-refractivity contribution in [3.63, 3.8) is 0 Å². The Morgan fingerprint density at radius 2 is 1.63 bits per heavy atom. The predicted octanol–water partition coefficient (Wildman–Crippen LogP) is 2.04. The maximum atomic E-state index is 12.6. The molecule has 1 rings (SSSR count). The molecule has 0 aromatic carbocycles. The van der Waals surface area contributed by atoms with Crippen LogP contribution < -0.4 is 5.32 Å². The summed E-state index contributed by atoms with van der Waals surface area (Å²) in [5.74, 6) is 0.992. The van der Waals surface area contributed by atoms with Crippen molar-refractivity contribution in [2.24, 2.45) is 17.8 Å². The van der Waals surface area contributed by atoms with Gasteiger partial charge in [0.15, 0.2) is 0 Å². The molecule has 1 aliphatic rings. The van der Waals surface area contributed by atoms with Crippen molar-refractivity contribution in [2.75, 3.05) is 6.54 Å². The van der Waals surface area contributed by atoms with Crippen LogP contribution in [0.5, 0.6) is 0 Å². The Hall–Kier alpha value is -1.06. The molecule has 2 unspecified atom stereocenters. The fourth-order valence-electron chi connectivity index (χ4n) is 2.69. The topological polar surface area (TPSA) is 49.4 Å². The number of amides is 2. The van der Waals surface area contributed by atoms with Crippen LogP contribution in [0.15, 0.2) is 0 Å². The van der Waals surface area contributed by atoms with E-state index in [9.17, 15) is 9.59 Å². The lowest BCUT2D eigenvalue weighted by molar-refractivity contribution is -0.152. The maximum absolute atomic E-state index is 12.6. The molecule has 110 valence electrons. The summed E-state index contributed by atoms with van der Waals surface area (Å²) in [6, 6.07) is -0.667. The van der Waals surface area contributed by atoms with Crippen LogP contribution in [0.4, 0.5) is 0 Å². The van der Waals surface area contributed by atoms with Gasteiger partial charge in [0.25, 0.3) is 0 Å². The summed E-state index contributed by atoms with van der Waals surface area (Å²) in [6.07, 6.45) is 0.712. The van der Waals surface area contributed by atoms with E-state index in [1.165, 1.54) is 0 Å². The van der Waals surface area contributed by atoms with Crippen molar-refractivity contribution < 1.29 is 9.59 Å². The van der Waals surface area contributed by atoms with E-state index in [0.717, 1.165) is 0 Å². The van der Waals surface area contributed by atoms with Crippen molar-refractivity contribution in [1.82, 2.24) is 10.2 Å². The monoisotopic (exact) mass is 268 g/mol. The highest BCUT2D eigenvalue weighted by Gasteiger charge is 2.41. The smallest absolute Gasteiger partial charge is 0.245 e. The summed E-state index contributed by atoms with van der Waals surface area (Å²) in [4.78, 5) is 26.6. The zero-order chi connectivity index (χ0) is 14.7. The van der Waals surface area contributed by atoms with Crippen molar-refractivity contribution >= 4 is 11.8 Å². The molecular formula is C15H28N2O2. The van der Waals surface area contributed by atoms with Crippen LogP contribution in [-0.2, 0) is 9.59 Å². The average molecular weight is 268 g/mol. The summed E-state index contributed by atoms with van der Waals surface area (Å²) in [7, 11) is 0. The number of carbonyl (C=O) groups excluding carboxylic acids is 2. The second kappa shape index (κ2) is 6.40. The number of piperazine rings is 1. The van der Waals surface area contributed by atoms with Gasteiger partial charge in [-0.25, -0.2) is 0 Å². The number of hydrogen-bond acceptors (Lipinski definition) is 2. The van der Waals surface area contributed by atoms with E-state index in [4.69, 9.17) is 0 Å². The molecule has 4 heteroatoms.